The Morgan fingerprint density at radius 3 is 2.91 bits per heavy atom. The molecule has 0 saturated carbocycles. The highest BCUT2D eigenvalue weighted by Gasteiger charge is 2.43. The predicted octanol–water partition coefficient (Wildman–Crippen LogP) is -0.468. The van der Waals surface area contributed by atoms with Gasteiger partial charge in [-0.2, -0.15) is 4.98 Å². The molecule has 1 aliphatic heterocycles. The number of nitrogen functional groups attached to an aromatic ring is 1. The average molecular weight is 459 g/mol. The molecule has 0 amide bonds. The van der Waals surface area contributed by atoms with Gasteiger partial charge in [-0.3, -0.25) is 14.2 Å². The molecule has 0 unspecified atom stereocenters. The van der Waals surface area contributed by atoms with Crippen LogP contribution in [0.3, 0.4) is 0 Å². The number of nitrogens with zero attached hydrogens (tertiary/aromatic N) is 7. The molecule has 0 aliphatic carbocycles. The molecule has 3 aromatic rings. The third-order valence-electron chi connectivity index (χ3n) is 4.81. The number of esters is 2. The van der Waals surface area contributed by atoms with Gasteiger partial charge in [-0.05, 0) is 16.5 Å². The van der Waals surface area contributed by atoms with E-state index in [1.807, 2.05) is 0 Å². The molecular weight excluding hydrogens is 438 g/mol. The number of imidazole rings is 1. The molecule has 3 atom stereocenters. The number of nitrogens with one attached hydrogen (secondary N) is 1. The minimum atomic E-state index is -1.10. The molecule has 4 rings (SSSR count). The second-order valence-electron chi connectivity index (χ2n) is 7.07. The largest absolute Gasteiger partial charge is 0.457 e. The van der Waals surface area contributed by atoms with Crippen molar-refractivity contribution in [1.82, 2.24) is 39.7 Å². The van der Waals surface area contributed by atoms with E-state index in [1.165, 1.54) is 22.3 Å². The summed E-state index contributed by atoms with van der Waals surface area (Å²) in [5, 5.41) is 13.3. The van der Waals surface area contributed by atoms with Crippen molar-refractivity contribution < 1.29 is 23.8 Å². The number of carbonyl (C=O) groups is 2. The molecule has 1 saturated heterocycles. The summed E-state index contributed by atoms with van der Waals surface area (Å²) < 4.78 is 19.0. The van der Waals surface area contributed by atoms with Crippen LogP contribution in [0.4, 0.5) is 5.95 Å². The van der Waals surface area contributed by atoms with Crippen molar-refractivity contribution in [3.05, 3.63) is 28.6 Å². The first kappa shape index (κ1) is 22.1. The first-order valence-electron chi connectivity index (χ1n) is 10.0. The van der Waals surface area contributed by atoms with Gasteiger partial charge in [-0.15, -0.1) is 5.10 Å². The summed E-state index contributed by atoms with van der Waals surface area (Å²) in [7, 11) is 0. The number of nitrogens with two attached hydrogens (primary N) is 1. The highest BCUT2D eigenvalue weighted by atomic mass is 16.7. The van der Waals surface area contributed by atoms with Gasteiger partial charge in [0.25, 0.3) is 0 Å². The maximum absolute atomic E-state index is 13.4. The van der Waals surface area contributed by atoms with Crippen molar-refractivity contribution in [3.8, 4) is 0 Å². The number of rotatable bonds is 7. The Morgan fingerprint density at radius 1 is 1.39 bits per heavy atom. The van der Waals surface area contributed by atoms with Gasteiger partial charge < -0.3 is 19.9 Å². The zero-order valence-electron chi connectivity index (χ0n) is 17.7. The summed E-state index contributed by atoms with van der Waals surface area (Å²) in [5.41, 5.74) is 5.78. The van der Waals surface area contributed by atoms with Gasteiger partial charge in [0.2, 0.25) is 12.2 Å². The third-order valence-corrected chi connectivity index (χ3v) is 4.81. The van der Waals surface area contributed by atoms with Crippen LogP contribution in [0.15, 0.2) is 17.1 Å². The van der Waals surface area contributed by atoms with Crippen molar-refractivity contribution >= 4 is 35.1 Å². The molecule has 15 heteroatoms. The number of carbonyl (C=O) groups excluding carboxylic acids is 2. The number of aromatic nitrogens is 8. The summed E-state index contributed by atoms with van der Waals surface area (Å²) in [5.74, 6) is -0.726. The zero-order valence-corrected chi connectivity index (χ0v) is 17.7. The number of allylic oxidation sites excluding steroid dienone is 1. The fourth-order valence-electron chi connectivity index (χ4n) is 3.44. The fourth-order valence-corrected chi connectivity index (χ4v) is 3.44. The molecule has 15 nitrogen and oxygen atoms in total. The summed E-state index contributed by atoms with van der Waals surface area (Å²) in [6, 6.07) is 0. The van der Waals surface area contributed by atoms with Gasteiger partial charge in [-0.1, -0.05) is 13.0 Å². The van der Waals surface area contributed by atoms with Gasteiger partial charge in [-0.25, -0.2) is 19.4 Å². The van der Waals surface area contributed by atoms with Crippen LogP contribution in [-0.4, -0.2) is 64.1 Å². The predicted molar refractivity (Wildman–Crippen MR) is 110 cm³/mol. The molecule has 4 heterocycles. The standard InChI is InChI=1S/C18H21N9O6/c1-3-13(29)32-14-7-11(31-9(2)28)16(33-14)27-15-10(8-20-17(19)21-15)26(18(27)30)6-4-5-12-22-24-25-23-12/h4-5,8,11,14,16H,3,6-7H2,1-2H3,(H2,19,20,21)(H,22,23,24,25)/b5-4+/t11-,14-,16-/m1/s1. The molecule has 33 heavy (non-hydrogen) atoms. The van der Waals surface area contributed by atoms with E-state index < -0.39 is 36.3 Å². The zero-order chi connectivity index (χ0) is 23.5. The van der Waals surface area contributed by atoms with Crippen LogP contribution in [0.5, 0.6) is 0 Å². The van der Waals surface area contributed by atoms with E-state index in [-0.39, 0.29) is 31.0 Å². The van der Waals surface area contributed by atoms with Crippen molar-refractivity contribution in [3.63, 3.8) is 0 Å². The Hall–Kier alpha value is -4.14. The van der Waals surface area contributed by atoms with Gasteiger partial charge in [0, 0.05) is 19.9 Å². The lowest BCUT2D eigenvalue weighted by molar-refractivity contribution is -0.183. The minimum Gasteiger partial charge on any atom is -0.457 e. The van der Waals surface area contributed by atoms with E-state index in [0.29, 0.717) is 11.3 Å². The molecule has 0 radical (unpaired) electrons. The highest BCUT2D eigenvalue weighted by molar-refractivity contribution is 5.72. The summed E-state index contributed by atoms with van der Waals surface area (Å²) >= 11 is 0. The Bertz CT molecular complexity index is 1250. The number of ether oxygens (including phenoxy) is 3. The van der Waals surface area contributed by atoms with E-state index in [9.17, 15) is 14.4 Å². The first-order chi connectivity index (χ1) is 15.9. The summed E-state index contributed by atoms with van der Waals surface area (Å²) in [6.07, 6.45) is 1.85. The van der Waals surface area contributed by atoms with Gasteiger partial charge in [0.05, 0.1) is 12.6 Å². The van der Waals surface area contributed by atoms with Gasteiger partial charge >= 0.3 is 17.6 Å². The van der Waals surface area contributed by atoms with Crippen molar-refractivity contribution in [2.24, 2.45) is 0 Å². The van der Waals surface area contributed by atoms with Crippen LogP contribution in [-0.2, 0) is 30.3 Å². The quantitative estimate of drug-likeness (QED) is 0.432. The SMILES string of the molecule is CCC(=O)O[C@H]1C[C@@H](OC(C)=O)[C@H](n2c(=O)n(C/C=C/c3nnn[nH]3)c3cnc(N)nc32)O1. The average Bonchev–Trinajstić information content (AvgIpc) is 3.47. The maximum atomic E-state index is 13.4. The molecule has 0 spiro atoms. The highest BCUT2D eigenvalue weighted by Crippen LogP contribution is 2.33. The number of hydrogen-bond donors (Lipinski definition) is 2. The number of aromatic amines is 1. The second kappa shape index (κ2) is 9.15. The first-order valence-corrected chi connectivity index (χ1v) is 10.0. The van der Waals surface area contributed by atoms with E-state index in [4.69, 9.17) is 19.9 Å². The Labute approximate surface area is 185 Å². The fraction of sp³-hybridized carbons (Fsp3) is 0.444. The van der Waals surface area contributed by atoms with E-state index >= 15 is 0 Å². The van der Waals surface area contributed by atoms with Crippen LogP contribution in [0.1, 0.15) is 38.7 Å². The number of anilines is 1. The number of hydrogen-bond acceptors (Lipinski definition) is 12. The van der Waals surface area contributed by atoms with Crippen LogP contribution >= 0.6 is 0 Å². The number of H-pyrrole nitrogens is 1. The maximum Gasteiger partial charge on any atom is 0.332 e. The van der Waals surface area contributed by atoms with Gasteiger partial charge in [0.15, 0.2) is 23.8 Å². The molecule has 3 aromatic heterocycles. The number of fused-ring (bicyclic) bond motifs is 1. The van der Waals surface area contributed by atoms with E-state index in [1.54, 1.807) is 19.1 Å². The molecule has 3 N–H and O–H groups in total. The van der Waals surface area contributed by atoms with Crippen LogP contribution in [0, 0.1) is 0 Å². The summed E-state index contributed by atoms with van der Waals surface area (Å²) in [4.78, 5) is 45.0. The van der Waals surface area contributed by atoms with E-state index in [2.05, 4.69) is 30.6 Å². The van der Waals surface area contributed by atoms with E-state index in [0.717, 1.165) is 0 Å². The van der Waals surface area contributed by atoms with Crippen LogP contribution in [0.2, 0.25) is 0 Å². The van der Waals surface area contributed by atoms with Crippen molar-refractivity contribution in [2.75, 3.05) is 5.73 Å². The smallest absolute Gasteiger partial charge is 0.332 e. The monoisotopic (exact) mass is 459 g/mol. The lowest BCUT2D eigenvalue weighted by Crippen LogP contribution is -2.33. The summed E-state index contributed by atoms with van der Waals surface area (Å²) in [6.45, 7) is 2.99. The van der Waals surface area contributed by atoms with Crippen molar-refractivity contribution in [1.29, 1.82) is 0 Å². The Balaban J connectivity index is 1.74. The Morgan fingerprint density at radius 2 is 2.21 bits per heavy atom. The van der Waals surface area contributed by atoms with Crippen LogP contribution in [0.25, 0.3) is 17.2 Å². The molecule has 0 aromatic carbocycles. The molecule has 1 aliphatic rings. The molecular formula is C18H21N9O6. The molecule has 0 bridgehead atoms. The normalized spacial score (nSPS) is 20.5. The van der Waals surface area contributed by atoms with Crippen molar-refractivity contribution in [2.45, 2.75) is 51.9 Å². The lowest BCUT2D eigenvalue weighted by Gasteiger charge is -2.18. The minimum absolute atomic E-state index is 0.0497. The van der Waals surface area contributed by atoms with Gasteiger partial charge in [0.1, 0.15) is 5.52 Å². The Kier molecular flexibility index (Phi) is 6.12. The topological polar surface area (TPSA) is 195 Å². The third kappa shape index (κ3) is 4.57. The second-order valence-corrected chi connectivity index (χ2v) is 7.07. The number of tetrazole rings is 1. The van der Waals surface area contributed by atoms with Crippen LogP contribution < -0.4 is 11.4 Å². The molecule has 174 valence electrons. The molecule has 1 fully saturated rings. The lowest BCUT2D eigenvalue weighted by atomic mass is 10.2.